The van der Waals surface area contributed by atoms with E-state index in [2.05, 4.69) is 86.4 Å². The molecule has 0 heterocycles. The number of hydrogen-bond acceptors (Lipinski definition) is 1. The summed E-state index contributed by atoms with van der Waals surface area (Å²) in [7, 11) is 4.56. The number of rotatable bonds is 3. The van der Waals surface area contributed by atoms with Crippen molar-refractivity contribution in [1.82, 2.24) is 0 Å². The van der Waals surface area contributed by atoms with Gasteiger partial charge in [-0.15, -0.1) is 9.24 Å². The molecule has 110 valence electrons. The minimum Gasteiger partial charge on any atom is -0.496 e. The Morgan fingerprint density at radius 3 is 2.14 bits per heavy atom. The molecule has 0 saturated carbocycles. The molecule has 1 unspecified atom stereocenters. The highest BCUT2D eigenvalue weighted by Gasteiger charge is 2.15. The number of methoxy groups -OCH3 is 1. The lowest BCUT2D eigenvalue weighted by atomic mass is 9.94. The second-order valence-electron chi connectivity index (χ2n) is 4.95. The molecular formula is C19H16IOP. The number of benzene rings is 3. The van der Waals surface area contributed by atoms with Crippen molar-refractivity contribution in [2.75, 3.05) is 7.11 Å². The predicted molar refractivity (Wildman–Crippen MR) is 106 cm³/mol. The number of halogens is 1. The third-order valence-corrected chi connectivity index (χ3v) is 5.06. The van der Waals surface area contributed by atoms with E-state index in [-0.39, 0.29) is 0 Å². The Morgan fingerprint density at radius 1 is 0.773 bits per heavy atom. The predicted octanol–water partition coefficient (Wildman–Crippen LogP) is 5.13. The first-order valence-corrected chi connectivity index (χ1v) is 8.64. The molecule has 0 aliphatic rings. The van der Waals surface area contributed by atoms with Crippen LogP contribution < -0.4 is 10.0 Å². The zero-order chi connectivity index (χ0) is 15.5. The second kappa shape index (κ2) is 6.80. The maximum atomic E-state index is 5.56. The first-order chi connectivity index (χ1) is 10.7. The van der Waals surface area contributed by atoms with E-state index in [0.717, 1.165) is 11.3 Å². The molecule has 1 atom stereocenters. The lowest BCUT2D eigenvalue weighted by molar-refractivity contribution is 0.416. The van der Waals surface area contributed by atoms with Crippen LogP contribution in [0.25, 0.3) is 22.3 Å². The van der Waals surface area contributed by atoms with Gasteiger partial charge in [0.05, 0.1) is 7.11 Å². The molecular weight excluding hydrogens is 402 g/mol. The SMILES string of the molecule is COc1ccccc1-c1c(P)cccc1-c1ccccc1I. The van der Waals surface area contributed by atoms with Crippen LogP contribution in [0.4, 0.5) is 0 Å². The van der Waals surface area contributed by atoms with Gasteiger partial charge in [0.15, 0.2) is 0 Å². The van der Waals surface area contributed by atoms with Crippen molar-refractivity contribution in [2.24, 2.45) is 0 Å². The van der Waals surface area contributed by atoms with Crippen molar-refractivity contribution >= 4 is 37.1 Å². The molecule has 0 N–H and O–H groups in total. The van der Waals surface area contributed by atoms with Crippen LogP contribution >= 0.6 is 31.8 Å². The highest BCUT2D eigenvalue weighted by molar-refractivity contribution is 14.1. The fourth-order valence-electron chi connectivity index (χ4n) is 2.63. The van der Waals surface area contributed by atoms with Gasteiger partial charge >= 0.3 is 0 Å². The molecule has 3 aromatic rings. The van der Waals surface area contributed by atoms with Gasteiger partial charge in [-0.05, 0) is 51.2 Å². The van der Waals surface area contributed by atoms with Gasteiger partial charge in [0.25, 0.3) is 0 Å². The van der Waals surface area contributed by atoms with Crippen LogP contribution in [0.5, 0.6) is 5.75 Å². The van der Waals surface area contributed by atoms with E-state index >= 15 is 0 Å². The van der Waals surface area contributed by atoms with Crippen LogP contribution in [0, 0.1) is 3.57 Å². The van der Waals surface area contributed by atoms with Crippen LogP contribution in [0.1, 0.15) is 0 Å². The van der Waals surface area contributed by atoms with Crippen molar-refractivity contribution < 1.29 is 4.74 Å². The quantitative estimate of drug-likeness (QED) is 0.423. The maximum Gasteiger partial charge on any atom is 0.126 e. The first-order valence-electron chi connectivity index (χ1n) is 6.99. The molecule has 3 rings (SSSR count). The molecule has 0 saturated heterocycles. The van der Waals surface area contributed by atoms with Gasteiger partial charge in [0.1, 0.15) is 5.75 Å². The Kier molecular flexibility index (Phi) is 4.80. The van der Waals surface area contributed by atoms with Crippen molar-refractivity contribution in [2.45, 2.75) is 0 Å². The van der Waals surface area contributed by atoms with Crippen molar-refractivity contribution in [1.29, 1.82) is 0 Å². The summed E-state index contributed by atoms with van der Waals surface area (Å²) in [6.45, 7) is 0. The lowest BCUT2D eigenvalue weighted by Gasteiger charge is -2.16. The van der Waals surface area contributed by atoms with Gasteiger partial charge in [-0.1, -0.05) is 54.6 Å². The van der Waals surface area contributed by atoms with Crippen molar-refractivity contribution in [3.8, 4) is 28.0 Å². The largest absolute Gasteiger partial charge is 0.496 e. The summed E-state index contributed by atoms with van der Waals surface area (Å²) in [5.74, 6) is 0.893. The molecule has 0 aliphatic carbocycles. The van der Waals surface area contributed by atoms with Crippen LogP contribution in [0.2, 0.25) is 0 Å². The van der Waals surface area contributed by atoms with E-state index in [1.807, 2.05) is 12.1 Å². The number of para-hydroxylation sites is 1. The minimum absolute atomic E-state index is 0.893. The van der Waals surface area contributed by atoms with Gasteiger partial charge in [-0.3, -0.25) is 0 Å². The molecule has 0 fully saturated rings. The van der Waals surface area contributed by atoms with Crippen LogP contribution in [0.3, 0.4) is 0 Å². The van der Waals surface area contributed by atoms with Crippen LogP contribution in [-0.4, -0.2) is 7.11 Å². The van der Waals surface area contributed by atoms with Gasteiger partial charge in [0, 0.05) is 14.7 Å². The summed E-state index contributed by atoms with van der Waals surface area (Å²) >= 11 is 2.39. The summed E-state index contributed by atoms with van der Waals surface area (Å²) in [6, 6.07) is 23.0. The number of hydrogen-bond donors (Lipinski definition) is 0. The smallest absolute Gasteiger partial charge is 0.126 e. The summed E-state index contributed by atoms with van der Waals surface area (Å²) in [5, 5.41) is 1.17. The maximum absolute atomic E-state index is 5.56. The molecule has 1 nitrogen and oxygen atoms in total. The van der Waals surface area contributed by atoms with Crippen LogP contribution in [0.15, 0.2) is 66.7 Å². The molecule has 22 heavy (non-hydrogen) atoms. The summed E-state index contributed by atoms with van der Waals surface area (Å²) < 4.78 is 6.81. The van der Waals surface area contributed by atoms with Gasteiger partial charge in [-0.25, -0.2) is 0 Å². The monoisotopic (exact) mass is 418 g/mol. The topological polar surface area (TPSA) is 9.23 Å². The second-order valence-corrected chi connectivity index (χ2v) is 6.73. The van der Waals surface area contributed by atoms with E-state index in [1.54, 1.807) is 7.11 Å². The fraction of sp³-hybridized carbons (Fsp3) is 0.0526. The van der Waals surface area contributed by atoms with E-state index < -0.39 is 0 Å². The molecule has 0 radical (unpaired) electrons. The summed E-state index contributed by atoms with van der Waals surface area (Å²) in [5.41, 5.74) is 4.79. The van der Waals surface area contributed by atoms with Gasteiger partial charge < -0.3 is 4.74 Å². The Balaban J connectivity index is 2.31. The summed E-state index contributed by atoms with van der Waals surface area (Å²) in [6.07, 6.45) is 0. The molecule has 0 amide bonds. The lowest BCUT2D eigenvalue weighted by Crippen LogP contribution is -2.01. The third kappa shape index (κ3) is 2.90. The standard InChI is InChI=1S/C19H16IOP/c1-21-17-11-5-3-8-15(17)19-14(9-6-12-18(19)22)13-7-2-4-10-16(13)20/h2-12H,22H2,1H3. The Labute approximate surface area is 147 Å². The molecule has 3 aromatic carbocycles. The average molecular weight is 418 g/mol. The van der Waals surface area contributed by atoms with Gasteiger partial charge in [0.2, 0.25) is 0 Å². The van der Waals surface area contributed by atoms with E-state index in [4.69, 9.17) is 4.74 Å². The van der Waals surface area contributed by atoms with Crippen LogP contribution in [-0.2, 0) is 0 Å². The fourth-order valence-corrected chi connectivity index (χ4v) is 3.73. The highest BCUT2D eigenvalue weighted by atomic mass is 127. The minimum atomic E-state index is 0.893. The first kappa shape index (κ1) is 15.5. The van der Waals surface area contributed by atoms with E-state index in [1.165, 1.54) is 25.6 Å². The Hall–Kier alpha value is -1.38. The van der Waals surface area contributed by atoms with Crippen molar-refractivity contribution in [3.05, 3.63) is 70.3 Å². The average Bonchev–Trinajstić information content (AvgIpc) is 2.55. The molecule has 0 aromatic heterocycles. The molecule has 0 bridgehead atoms. The normalized spacial score (nSPS) is 10.5. The third-order valence-electron chi connectivity index (χ3n) is 3.64. The molecule has 3 heteroatoms. The highest BCUT2D eigenvalue weighted by Crippen LogP contribution is 2.38. The van der Waals surface area contributed by atoms with E-state index in [0.29, 0.717) is 0 Å². The number of ether oxygens (including phenoxy) is 1. The van der Waals surface area contributed by atoms with E-state index in [9.17, 15) is 0 Å². The zero-order valence-corrected chi connectivity index (χ0v) is 15.5. The van der Waals surface area contributed by atoms with Crippen molar-refractivity contribution in [3.63, 3.8) is 0 Å². The van der Waals surface area contributed by atoms with Gasteiger partial charge in [-0.2, -0.15) is 0 Å². The summed E-state index contributed by atoms with van der Waals surface area (Å²) in [4.78, 5) is 0. The molecule has 0 spiro atoms. The Bertz CT molecular complexity index is 814. The molecule has 0 aliphatic heterocycles. The Morgan fingerprint density at radius 2 is 1.41 bits per heavy atom. The zero-order valence-electron chi connectivity index (χ0n) is 12.2.